The molecule has 0 unspecified atom stereocenters. The van der Waals surface area contributed by atoms with Crippen molar-refractivity contribution < 1.29 is 14.6 Å². The predicted octanol–water partition coefficient (Wildman–Crippen LogP) is 8.42. The predicted molar refractivity (Wildman–Crippen MR) is 171 cm³/mol. The number of aliphatic hydroxyl groups is 1. The largest absolute Gasteiger partial charge is 0.465 e. The summed E-state index contributed by atoms with van der Waals surface area (Å²) in [5.74, 6) is 2.77. The van der Waals surface area contributed by atoms with Crippen LogP contribution in [0.25, 0.3) is 0 Å². The van der Waals surface area contributed by atoms with Gasteiger partial charge in [-0.05, 0) is 141 Å². The Balaban J connectivity index is 1.27. The molecule has 5 fully saturated rings. The van der Waals surface area contributed by atoms with Crippen LogP contribution in [0.5, 0.6) is 0 Å². The average molecular weight is 582 g/mol. The number of hydrogen-bond acceptors (Lipinski definition) is 4. The molecule has 42 heavy (non-hydrogen) atoms. The van der Waals surface area contributed by atoms with Gasteiger partial charge >= 0.3 is 5.97 Å². The van der Waals surface area contributed by atoms with Crippen LogP contribution < -0.4 is 0 Å². The van der Waals surface area contributed by atoms with E-state index in [9.17, 15) is 9.90 Å². The molecule has 238 valence electrons. The Morgan fingerprint density at radius 2 is 1.67 bits per heavy atom. The highest BCUT2D eigenvalue weighted by Crippen LogP contribution is 2.75. The van der Waals surface area contributed by atoms with Crippen LogP contribution in [-0.4, -0.2) is 48.3 Å². The Morgan fingerprint density at radius 1 is 0.929 bits per heavy atom. The number of allylic oxidation sites excluding steroid dienone is 2. The summed E-state index contributed by atoms with van der Waals surface area (Å²) >= 11 is 0. The van der Waals surface area contributed by atoms with E-state index in [2.05, 4.69) is 59.4 Å². The van der Waals surface area contributed by atoms with Crippen molar-refractivity contribution in [2.24, 2.45) is 56.7 Å². The average Bonchev–Trinajstić information content (AvgIpc) is 2.96. The number of carbonyl (C=O) groups is 1. The number of nitrogens with zero attached hydrogens (tertiary/aromatic N) is 1. The number of aliphatic hydroxyl groups excluding tert-OH is 1. The summed E-state index contributed by atoms with van der Waals surface area (Å²) in [4.78, 5) is 16.8. The molecular weight excluding hydrogens is 518 g/mol. The summed E-state index contributed by atoms with van der Waals surface area (Å²) in [5, 5.41) is 11.0. The molecular formula is C38H63NO3. The first-order chi connectivity index (χ1) is 19.8. The molecule has 1 saturated heterocycles. The topological polar surface area (TPSA) is 49.8 Å². The summed E-state index contributed by atoms with van der Waals surface area (Å²) in [6, 6.07) is 0. The molecule has 0 bridgehead atoms. The van der Waals surface area contributed by atoms with Crippen LogP contribution in [0.4, 0.5) is 0 Å². The number of ether oxygens (including phenoxy) is 1. The number of rotatable bonds is 5. The highest BCUT2D eigenvalue weighted by atomic mass is 16.5. The van der Waals surface area contributed by atoms with Gasteiger partial charge in [-0.3, -0.25) is 4.79 Å². The second-order valence-electron chi connectivity index (χ2n) is 17.6. The van der Waals surface area contributed by atoms with Crippen molar-refractivity contribution in [3.63, 3.8) is 0 Å². The third kappa shape index (κ3) is 4.45. The fraction of sp³-hybridized carbons (Fsp3) is 0.921. The van der Waals surface area contributed by atoms with E-state index in [0.717, 1.165) is 57.9 Å². The first kappa shape index (κ1) is 31.1. The lowest BCUT2D eigenvalue weighted by molar-refractivity contribution is -0.207. The zero-order valence-corrected chi connectivity index (χ0v) is 28.3. The third-order valence-corrected chi connectivity index (χ3v) is 15.7. The summed E-state index contributed by atoms with van der Waals surface area (Å²) in [6.45, 7) is 21.5. The number of likely N-dealkylation sites (tertiary alicyclic amines) is 1. The molecule has 10 atom stereocenters. The van der Waals surface area contributed by atoms with Gasteiger partial charge in [-0.2, -0.15) is 0 Å². The molecule has 1 aliphatic heterocycles. The van der Waals surface area contributed by atoms with Crippen LogP contribution in [0.15, 0.2) is 11.6 Å². The summed E-state index contributed by atoms with van der Waals surface area (Å²) in [5.41, 5.74) is 1.88. The molecule has 4 saturated carbocycles. The van der Waals surface area contributed by atoms with Gasteiger partial charge in [0.1, 0.15) is 0 Å². The molecule has 5 aliphatic carbocycles. The van der Waals surface area contributed by atoms with Gasteiger partial charge in [0.25, 0.3) is 0 Å². The molecule has 0 amide bonds. The van der Waals surface area contributed by atoms with Crippen LogP contribution in [-0.2, 0) is 9.53 Å². The quantitative estimate of drug-likeness (QED) is 0.201. The molecule has 1 heterocycles. The van der Waals surface area contributed by atoms with Crippen molar-refractivity contribution >= 4 is 5.97 Å². The van der Waals surface area contributed by atoms with Crippen molar-refractivity contribution in [2.45, 2.75) is 138 Å². The minimum atomic E-state index is -0.344. The molecule has 0 aromatic rings. The molecule has 6 rings (SSSR count). The van der Waals surface area contributed by atoms with E-state index < -0.39 is 0 Å². The van der Waals surface area contributed by atoms with Crippen LogP contribution in [0, 0.1) is 56.7 Å². The molecule has 4 nitrogen and oxygen atoms in total. The van der Waals surface area contributed by atoms with E-state index >= 15 is 0 Å². The van der Waals surface area contributed by atoms with Crippen LogP contribution in [0.2, 0.25) is 0 Å². The number of esters is 1. The van der Waals surface area contributed by atoms with Gasteiger partial charge in [-0.15, -0.1) is 0 Å². The highest BCUT2D eigenvalue weighted by Gasteiger charge is 2.69. The van der Waals surface area contributed by atoms with E-state index in [1.165, 1.54) is 45.2 Å². The molecule has 6 aliphatic rings. The first-order valence-electron chi connectivity index (χ1n) is 18.1. The standard InChI is InChI=1S/C38H63NO3/c1-26-14-19-38(33(41)42-25-11-24-39-22-9-8-10-23-39)21-20-36(6)28(32(38)27(26)2)12-13-30-35(5)17-16-31(40)34(3,4)29(35)15-18-37(30,36)7/h12,26-27,29-32,40H,8-11,13-25H2,1-7H3/t26-,27+,29+,30-,31+,32+,35+,36-,37-,38+/m1/s1. The van der Waals surface area contributed by atoms with Crippen molar-refractivity contribution in [3.05, 3.63) is 11.6 Å². The fourth-order valence-electron chi connectivity index (χ4n) is 12.6. The van der Waals surface area contributed by atoms with Crippen molar-refractivity contribution in [1.82, 2.24) is 4.90 Å². The minimum Gasteiger partial charge on any atom is -0.465 e. The van der Waals surface area contributed by atoms with Crippen molar-refractivity contribution in [2.75, 3.05) is 26.2 Å². The SMILES string of the molecule is C[C@H]1[C@H](C)CC[C@]2(C(=O)OCCCN3CCCCC3)CC[C@]3(C)C(=CC[C@@H]4[C@@]5(C)CC[C@H](O)C(C)(C)[C@@H]5CC[C@]43C)[C@H]12. The zero-order valence-electron chi connectivity index (χ0n) is 28.3. The number of piperidine rings is 1. The van der Waals surface area contributed by atoms with Gasteiger partial charge in [-0.1, -0.05) is 66.5 Å². The van der Waals surface area contributed by atoms with Crippen molar-refractivity contribution in [1.29, 1.82) is 0 Å². The maximum absolute atomic E-state index is 14.3. The zero-order chi connectivity index (χ0) is 30.1. The summed E-state index contributed by atoms with van der Waals surface area (Å²) in [6.07, 6.45) is 17.4. The van der Waals surface area contributed by atoms with E-state index in [1.54, 1.807) is 5.57 Å². The lowest BCUT2D eigenvalue weighted by Gasteiger charge is -2.71. The Labute approximate surface area is 257 Å². The van der Waals surface area contributed by atoms with Gasteiger partial charge < -0.3 is 14.7 Å². The Morgan fingerprint density at radius 3 is 2.40 bits per heavy atom. The molecule has 0 aromatic carbocycles. The van der Waals surface area contributed by atoms with Gasteiger partial charge in [0.05, 0.1) is 18.1 Å². The first-order valence-corrected chi connectivity index (χ1v) is 18.1. The summed E-state index contributed by atoms with van der Waals surface area (Å²) in [7, 11) is 0. The minimum absolute atomic E-state index is 0.0218. The number of fused-ring (bicyclic) bond motifs is 7. The lowest BCUT2D eigenvalue weighted by Crippen LogP contribution is -2.65. The highest BCUT2D eigenvalue weighted by molar-refractivity contribution is 5.79. The Bertz CT molecular complexity index is 1060. The number of carbonyl (C=O) groups excluding carboxylic acids is 1. The smallest absolute Gasteiger partial charge is 0.312 e. The lowest BCUT2D eigenvalue weighted by atomic mass is 9.33. The molecule has 4 heteroatoms. The second kappa shape index (κ2) is 10.9. The maximum Gasteiger partial charge on any atom is 0.312 e. The van der Waals surface area contributed by atoms with E-state index in [1.807, 2.05) is 0 Å². The van der Waals surface area contributed by atoms with Gasteiger partial charge in [0, 0.05) is 6.54 Å². The number of hydrogen-bond donors (Lipinski definition) is 1. The Kier molecular flexibility index (Phi) is 8.07. The molecule has 1 N–H and O–H groups in total. The van der Waals surface area contributed by atoms with Gasteiger partial charge in [-0.25, -0.2) is 0 Å². The maximum atomic E-state index is 14.3. The van der Waals surface area contributed by atoms with Crippen LogP contribution in [0.3, 0.4) is 0 Å². The Hall–Kier alpha value is -0.870. The molecule has 0 aromatic heterocycles. The monoisotopic (exact) mass is 581 g/mol. The van der Waals surface area contributed by atoms with E-state index in [0.29, 0.717) is 36.2 Å². The second-order valence-corrected chi connectivity index (χ2v) is 17.6. The van der Waals surface area contributed by atoms with Crippen LogP contribution in [0.1, 0.15) is 132 Å². The van der Waals surface area contributed by atoms with Crippen molar-refractivity contribution in [3.8, 4) is 0 Å². The molecule has 0 spiro atoms. The third-order valence-electron chi connectivity index (χ3n) is 15.7. The summed E-state index contributed by atoms with van der Waals surface area (Å²) < 4.78 is 6.26. The van der Waals surface area contributed by atoms with E-state index in [4.69, 9.17) is 4.74 Å². The fourth-order valence-corrected chi connectivity index (χ4v) is 12.6. The van der Waals surface area contributed by atoms with Gasteiger partial charge in [0.15, 0.2) is 0 Å². The van der Waals surface area contributed by atoms with Gasteiger partial charge in [0.2, 0.25) is 0 Å². The van der Waals surface area contributed by atoms with Crippen LogP contribution >= 0.6 is 0 Å². The normalized spacial score (nSPS) is 48.6. The molecule has 0 radical (unpaired) electrons. The van der Waals surface area contributed by atoms with E-state index in [-0.39, 0.29) is 39.1 Å².